The van der Waals surface area contributed by atoms with E-state index in [2.05, 4.69) is 4.67 Å². The second kappa shape index (κ2) is 4.00. The lowest BCUT2D eigenvalue weighted by Crippen LogP contribution is -2.11. The number of rotatable bonds is 3. The lowest BCUT2D eigenvalue weighted by atomic mass is 9.97. The van der Waals surface area contributed by atoms with Crippen LogP contribution in [-0.4, -0.2) is 23.4 Å². The first-order chi connectivity index (χ1) is 9.67. The summed E-state index contributed by atoms with van der Waals surface area (Å²) in [7, 11) is -3.84. The molecule has 9 nitrogen and oxygen atoms in total. The molecule has 0 radical (unpaired) electrons. The minimum atomic E-state index is -3.84. The van der Waals surface area contributed by atoms with Crippen molar-refractivity contribution in [2.24, 2.45) is 0 Å². The fourth-order valence-corrected chi connectivity index (χ4v) is 3.44. The molecule has 3 heterocycles. The molecule has 0 aromatic heterocycles. The van der Waals surface area contributed by atoms with Crippen molar-refractivity contribution in [3.63, 3.8) is 0 Å². The van der Waals surface area contributed by atoms with Gasteiger partial charge in [-0.1, -0.05) is 4.67 Å². The number of hydrogen-bond acceptors (Lipinski definition) is 9. The lowest BCUT2D eigenvalue weighted by Gasteiger charge is -2.17. The zero-order valence-corrected chi connectivity index (χ0v) is 10.8. The van der Waals surface area contributed by atoms with Crippen LogP contribution in [0.3, 0.4) is 0 Å². The number of phosphoric ester groups is 1. The average molecular weight is 304 g/mol. The van der Waals surface area contributed by atoms with Gasteiger partial charge in [0, 0.05) is 17.7 Å². The van der Waals surface area contributed by atoms with Crippen LogP contribution < -0.4 is 18.8 Å². The second-order valence-corrected chi connectivity index (χ2v) is 5.73. The predicted octanol–water partition coefficient (Wildman–Crippen LogP) is 0.782. The van der Waals surface area contributed by atoms with Crippen LogP contribution >= 0.6 is 7.82 Å². The van der Waals surface area contributed by atoms with Crippen molar-refractivity contribution in [1.29, 1.82) is 0 Å². The van der Waals surface area contributed by atoms with E-state index in [9.17, 15) is 14.8 Å². The Hall–Kier alpha value is -1.51. The van der Waals surface area contributed by atoms with Crippen LogP contribution in [0, 0.1) is 0 Å². The van der Waals surface area contributed by atoms with E-state index in [4.69, 9.17) is 23.7 Å². The summed E-state index contributed by atoms with van der Waals surface area (Å²) in [5, 5.41) is 18.5. The molecular weight excluding hydrogens is 295 g/mol. The Bertz CT molecular complexity index is 642. The molecule has 1 aromatic carbocycles. The molecule has 108 valence electrons. The van der Waals surface area contributed by atoms with E-state index >= 15 is 0 Å². The molecule has 2 atom stereocenters. The van der Waals surface area contributed by atoms with Crippen LogP contribution in [0.4, 0.5) is 0 Å². The standard InChI is InChI=1S/C10H9O9P/c11-2-1-4-6-5(3-12)14-15-8(6)10-9-7(4)16-19-20(13,17-9)18-10/h5,11-12H,1-3H2. The fourth-order valence-electron chi connectivity index (χ4n) is 2.39. The van der Waals surface area contributed by atoms with E-state index in [1.807, 2.05) is 0 Å². The summed E-state index contributed by atoms with van der Waals surface area (Å²) in [5.41, 5.74) is 0.937. The average Bonchev–Trinajstić information content (AvgIpc) is 2.97. The van der Waals surface area contributed by atoms with Gasteiger partial charge in [-0.2, -0.15) is 4.89 Å². The van der Waals surface area contributed by atoms with Crippen LogP contribution in [0.15, 0.2) is 0 Å². The van der Waals surface area contributed by atoms with Crippen LogP contribution in [0.5, 0.6) is 23.0 Å². The summed E-state index contributed by atoms with van der Waals surface area (Å²) >= 11 is 0. The predicted molar refractivity (Wildman–Crippen MR) is 59.3 cm³/mol. The van der Waals surface area contributed by atoms with Gasteiger partial charge in [0.2, 0.25) is 23.0 Å². The zero-order valence-electron chi connectivity index (χ0n) is 9.90. The van der Waals surface area contributed by atoms with Crippen molar-refractivity contribution >= 4 is 7.82 Å². The van der Waals surface area contributed by atoms with Gasteiger partial charge in [-0.3, -0.25) is 0 Å². The normalized spacial score (nSPS) is 28.2. The molecule has 2 N–H and O–H groups in total. The van der Waals surface area contributed by atoms with Gasteiger partial charge in [0.15, 0.2) is 6.10 Å². The topological polar surface area (TPSA) is 113 Å². The third-order valence-electron chi connectivity index (χ3n) is 3.18. The highest BCUT2D eigenvalue weighted by molar-refractivity contribution is 7.49. The molecule has 0 fully saturated rings. The van der Waals surface area contributed by atoms with Crippen LogP contribution in [-0.2, 0) is 20.5 Å². The highest BCUT2D eigenvalue weighted by atomic mass is 31.2. The Balaban J connectivity index is 1.99. The molecule has 10 heteroatoms. The van der Waals surface area contributed by atoms with E-state index in [1.54, 1.807) is 0 Å². The molecule has 2 unspecified atom stereocenters. The maximum absolute atomic E-state index is 11.9. The Morgan fingerprint density at radius 1 is 1.05 bits per heavy atom. The number of phosphoric acid groups is 1. The summed E-state index contributed by atoms with van der Waals surface area (Å²) in [5.74, 6) is 0.430. The molecule has 2 bridgehead atoms. The molecule has 3 aliphatic heterocycles. The van der Waals surface area contributed by atoms with Gasteiger partial charge in [-0.15, -0.1) is 0 Å². The second-order valence-electron chi connectivity index (χ2n) is 4.32. The summed E-state index contributed by atoms with van der Waals surface area (Å²) in [6.45, 7) is -0.527. The van der Waals surface area contributed by atoms with Gasteiger partial charge in [-0.05, 0) is 6.42 Å². The Kier molecular flexibility index (Phi) is 2.45. The fraction of sp³-hybridized carbons (Fsp3) is 0.400. The number of fused-ring (bicyclic) bond motifs is 3. The molecule has 0 spiro atoms. The molecule has 1 aromatic rings. The molecule has 0 saturated heterocycles. The van der Waals surface area contributed by atoms with Crippen molar-refractivity contribution in [2.45, 2.75) is 12.5 Å². The number of aliphatic hydroxyl groups is 2. The maximum atomic E-state index is 11.9. The van der Waals surface area contributed by atoms with Crippen LogP contribution in [0.1, 0.15) is 17.2 Å². The summed E-state index contributed by atoms with van der Waals surface area (Å²) in [6.07, 6.45) is -0.577. The SMILES string of the molecule is O=P12OOc3c(CCO)c4c(c(c3O1)O2)OOC4CO. The van der Waals surface area contributed by atoms with Gasteiger partial charge in [-0.25, -0.2) is 4.57 Å². The molecule has 0 saturated carbocycles. The molecule has 20 heavy (non-hydrogen) atoms. The summed E-state index contributed by atoms with van der Waals surface area (Å²) in [6, 6.07) is 0. The number of benzene rings is 1. The third-order valence-corrected chi connectivity index (χ3v) is 4.25. The molecule has 4 rings (SSSR count). The quantitative estimate of drug-likeness (QED) is 0.617. The highest BCUT2D eigenvalue weighted by Crippen LogP contribution is 2.70. The Labute approximate surface area is 112 Å². The first-order valence-electron chi connectivity index (χ1n) is 5.80. The Morgan fingerprint density at radius 3 is 2.50 bits per heavy atom. The minimum absolute atomic E-state index is 0.0495. The minimum Gasteiger partial charge on any atom is -0.396 e. The summed E-state index contributed by atoms with van der Waals surface area (Å²) < 4.78 is 26.7. The third kappa shape index (κ3) is 1.44. The van der Waals surface area contributed by atoms with Crippen molar-refractivity contribution in [1.82, 2.24) is 0 Å². The Morgan fingerprint density at radius 2 is 1.80 bits per heavy atom. The van der Waals surface area contributed by atoms with Gasteiger partial charge in [0.05, 0.1) is 6.61 Å². The lowest BCUT2D eigenvalue weighted by molar-refractivity contribution is -0.231. The van der Waals surface area contributed by atoms with Crippen LogP contribution in [0.25, 0.3) is 0 Å². The number of aliphatic hydroxyl groups excluding tert-OH is 2. The van der Waals surface area contributed by atoms with Crippen molar-refractivity contribution < 1.29 is 43.2 Å². The van der Waals surface area contributed by atoms with Crippen molar-refractivity contribution in [3.8, 4) is 23.0 Å². The molecule has 0 amide bonds. The largest absolute Gasteiger partial charge is 0.625 e. The maximum Gasteiger partial charge on any atom is 0.625 e. The van der Waals surface area contributed by atoms with Gasteiger partial charge < -0.3 is 29.0 Å². The zero-order chi connectivity index (χ0) is 13.9. The van der Waals surface area contributed by atoms with E-state index in [0.29, 0.717) is 11.1 Å². The first kappa shape index (κ1) is 12.2. The van der Waals surface area contributed by atoms with E-state index in [0.717, 1.165) is 0 Å². The number of hydrogen-bond donors (Lipinski definition) is 2. The van der Waals surface area contributed by atoms with E-state index < -0.39 is 13.9 Å². The first-order valence-corrected chi connectivity index (χ1v) is 7.26. The van der Waals surface area contributed by atoms with Gasteiger partial charge >= 0.3 is 7.82 Å². The van der Waals surface area contributed by atoms with E-state index in [-0.39, 0.29) is 42.6 Å². The van der Waals surface area contributed by atoms with Gasteiger partial charge in [0.25, 0.3) is 0 Å². The van der Waals surface area contributed by atoms with Crippen molar-refractivity contribution in [2.75, 3.05) is 13.2 Å². The highest BCUT2D eigenvalue weighted by Gasteiger charge is 2.53. The molecular formula is C10H9O9P. The van der Waals surface area contributed by atoms with Crippen molar-refractivity contribution in [3.05, 3.63) is 11.1 Å². The molecule has 0 aliphatic carbocycles. The smallest absolute Gasteiger partial charge is 0.396 e. The molecule has 3 aliphatic rings. The van der Waals surface area contributed by atoms with Crippen LogP contribution in [0.2, 0.25) is 0 Å². The van der Waals surface area contributed by atoms with Gasteiger partial charge in [0.1, 0.15) is 0 Å². The summed E-state index contributed by atoms with van der Waals surface area (Å²) in [4.78, 5) is 15.0. The monoisotopic (exact) mass is 304 g/mol. The van der Waals surface area contributed by atoms with E-state index in [1.165, 1.54) is 0 Å².